The van der Waals surface area contributed by atoms with E-state index in [0.29, 0.717) is 46.2 Å². The monoisotopic (exact) mass is 611 g/mol. The van der Waals surface area contributed by atoms with Crippen molar-refractivity contribution in [2.75, 3.05) is 39.8 Å². The maximum atomic E-state index is 14.0. The van der Waals surface area contributed by atoms with Crippen LogP contribution in [0.2, 0.25) is 10.0 Å². The minimum Gasteiger partial charge on any atom is -0.338 e. The zero-order chi connectivity index (χ0) is 28.9. The Morgan fingerprint density at radius 2 is 1.61 bits per heavy atom. The van der Waals surface area contributed by atoms with E-state index in [1.807, 2.05) is 72.3 Å². The minimum atomic E-state index is -0.767. The molecule has 4 aliphatic heterocycles. The van der Waals surface area contributed by atoms with Gasteiger partial charge < -0.3 is 19.6 Å². The van der Waals surface area contributed by atoms with Crippen LogP contribution >= 0.6 is 35.0 Å². The number of piperazine rings is 1. The lowest BCUT2D eigenvalue weighted by atomic mass is 9.81. The third-order valence-electron chi connectivity index (χ3n) is 8.54. The van der Waals surface area contributed by atoms with Crippen molar-refractivity contribution in [3.8, 4) is 0 Å². The number of nitrogens with zero attached hydrogens (tertiary/aromatic N) is 5. The van der Waals surface area contributed by atoms with Gasteiger partial charge in [0.15, 0.2) is 11.5 Å². The van der Waals surface area contributed by atoms with Crippen LogP contribution in [0.5, 0.6) is 0 Å². The number of likely N-dealkylation sites (N-methyl/N-ethyl adjacent to an activating group) is 1. The number of amides is 2. The van der Waals surface area contributed by atoms with Crippen molar-refractivity contribution in [2.24, 2.45) is 4.99 Å². The summed E-state index contributed by atoms with van der Waals surface area (Å²) in [7, 11) is 2.04. The molecule has 6 rings (SSSR count). The molecular weight excluding hydrogens is 581 g/mol. The summed E-state index contributed by atoms with van der Waals surface area (Å²) in [6, 6.07) is 14.1. The standard InChI is InChI=1S/C30H31Cl2N5O3S/c1-30(20-7-11-22(32)12-8-20)26(19-5-9-21(31)10-6-19)37-24(18-38)25(41-29(37)33-30)28(40)36-13-3-4-23(36)27(39)35-16-14-34(2)15-17-35/h5-12,18,23,26H,3-4,13-17H2,1-2H3/t23-,26+,30-/m0/s1. The number of carbonyl (C=O) groups is 3. The van der Waals surface area contributed by atoms with Crippen molar-refractivity contribution in [1.82, 2.24) is 19.6 Å². The molecule has 0 radical (unpaired) electrons. The van der Waals surface area contributed by atoms with Crippen LogP contribution in [0.15, 0.2) is 64.1 Å². The van der Waals surface area contributed by atoms with Crippen LogP contribution in [0.4, 0.5) is 0 Å². The molecule has 0 aromatic heterocycles. The number of thioether (sulfide) groups is 1. The molecule has 0 aliphatic carbocycles. The highest BCUT2D eigenvalue weighted by Crippen LogP contribution is 2.55. The Hall–Kier alpha value is -2.85. The van der Waals surface area contributed by atoms with Crippen LogP contribution in [-0.4, -0.2) is 88.7 Å². The van der Waals surface area contributed by atoms with Gasteiger partial charge in [0.2, 0.25) is 5.91 Å². The number of hydrogen-bond donors (Lipinski definition) is 0. The van der Waals surface area contributed by atoms with E-state index in [4.69, 9.17) is 28.2 Å². The van der Waals surface area contributed by atoms with Gasteiger partial charge in [-0.3, -0.25) is 14.4 Å². The van der Waals surface area contributed by atoms with Gasteiger partial charge in [-0.15, -0.1) is 0 Å². The predicted molar refractivity (Wildman–Crippen MR) is 162 cm³/mol. The molecule has 214 valence electrons. The molecule has 0 unspecified atom stereocenters. The Labute approximate surface area is 253 Å². The largest absolute Gasteiger partial charge is 0.338 e. The van der Waals surface area contributed by atoms with E-state index in [9.17, 15) is 14.4 Å². The van der Waals surface area contributed by atoms with E-state index < -0.39 is 17.6 Å². The molecule has 2 aromatic carbocycles. The Balaban J connectivity index is 1.35. The zero-order valence-corrected chi connectivity index (χ0v) is 25.3. The summed E-state index contributed by atoms with van der Waals surface area (Å²) < 4.78 is 0. The minimum absolute atomic E-state index is 0.00704. The highest BCUT2D eigenvalue weighted by Gasteiger charge is 2.53. The molecule has 4 heterocycles. The number of aldehydes is 1. The van der Waals surface area contributed by atoms with Crippen LogP contribution in [-0.2, 0) is 19.9 Å². The molecule has 0 bridgehead atoms. The van der Waals surface area contributed by atoms with Crippen LogP contribution in [0, 0.1) is 0 Å². The average Bonchev–Trinajstić information content (AvgIpc) is 3.66. The van der Waals surface area contributed by atoms with E-state index in [1.165, 1.54) is 11.8 Å². The number of allylic oxidation sites excluding steroid dienone is 1. The Morgan fingerprint density at radius 3 is 2.24 bits per heavy atom. The van der Waals surface area contributed by atoms with E-state index >= 15 is 0 Å². The van der Waals surface area contributed by atoms with Gasteiger partial charge in [-0.05, 0) is 74.0 Å². The topological polar surface area (TPSA) is 76.5 Å². The molecule has 11 heteroatoms. The van der Waals surface area contributed by atoms with Gasteiger partial charge in [0.1, 0.15) is 22.2 Å². The summed E-state index contributed by atoms with van der Waals surface area (Å²) in [6.07, 6.45) is 2.11. The summed E-state index contributed by atoms with van der Waals surface area (Å²) >= 11 is 13.6. The lowest BCUT2D eigenvalue weighted by Crippen LogP contribution is -2.53. The molecule has 0 N–H and O–H groups in total. The van der Waals surface area contributed by atoms with Crippen LogP contribution in [0.25, 0.3) is 0 Å². The van der Waals surface area contributed by atoms with Gasteiger partial charge in [0.25, 0.3) is 5.91 Å². The number of hydrogen-bond acceptors (Lipinski definition) is 7. The van der Waals surface area contributed by atoms with Crippen LogP contribution in [0.1, 0.15) is 36.9 Å². The smallest absolute Gasteiger partial charge is 0.263 e. The van der Waals surface area contributed by atoms with Crippen molar-refractivity contribution in [3.63, 3.8) is 0 Å². The molecule has 2 fully saturated rings. The Morgan fingerprint density at radius 1 is 0.976 bits per heavy atom. The maximum absolute atomic E-state index is 14.0. The second-order valence-corrected chi connectivity index (χ2v) is 12.9. The number of halogens is 2. The second-order valence-electron chi connectivity index (χ2n) is 11.1. The summed E-state index contributed by atoms with van der Waals surface area (Å²) in [5, 5.41) is 1.80. The highest BCUT2D eigenvalue weighted by molar-refractivity contribution is 8.18. The van der Waals surface area contributed by atoms with Crippen molar-refractivity contribution < 1.29 is 14.4 Å². The number of benzene rings is 2. The molecular formula is C30H31Cl2N5O3S. The summed E-state index contributed by atoms with van der Waals surface area (Å²) in [6.45, 7) is 5.44. The summed E-state index contributed by atoms with van der Waals surface area (Å²) in [5.74, 6) is -0.297. The lowest BCUT2D eigenvalue weighted by Gasteiger charge is -2.36. The molecule has 2 aromatic rings. The van der Waals surface area contributed by atoms with Crippen molar-refractivity contribution >= 4 is 58.2 Å². The van der Waals surface area contributed by atoms with Crippen LogP contribution < -0.4 is 0 Å². The van der Waals surface area contributed by atoms with Crippen LogP contribution in [0.3, 0.4) is 0 Å². The molecule has 3 atom stereocenters. The fourth-order valence-corrected chi connectivity index (χ4v) is 7.70. The number of aliphatic imine (C=N–C) groups is 1. The third-order valence-corrected chi connectivity index (χ3v) is 10.1. The third kappa shape index (κ3) is 4.96. The molecule has 4 aliphatic rings. The first-order valence-corrected chi connectivity index (χ1v) is 15.3. The fraction of sp³-hybridized carbons (Fsp3) is 0.400. The second kappa shape index (κ2) is 11.1. The van der Waals surface area contributed by atoms with Gasteiger partial charge in [-0.2, -0.15) is 0 Å². The first-order chi connectivity index (χ1) is 19.7. The van der Waals surface area contributed by atoms with E-state index in [0.717, 1.165) is 36.9 Å². The lowest BCUT2D eigenvalue weighted by molar-refractivity contribution is -0.143. The first-order valence-electron chi connectivity index (χ1n) is 13.8. The Kier molecular flexibility index (Phi) is 7.65. The summed E-state index contributed by atoms with van der Waals surface area (Å²) in [4.78, 5) is 53.3. The summed E-state index contributed by atoms with van der Waals surface area (Å²) in [5.41, 5.74) is 1.34. The highest BCUT2D eigenvalue weighted by atomic mass is 35.5. The molecule has 0 spiro atoms. The number of likely N-dealkylation sites (tertiary alicyclic amines) is 1. The van der Waals surface area contributed by atoms with Gasteiger partial charge in [0, 0.05) is 42.8 Å². The first kappa shape index (κ1) is 28.3. The van der Waals surface area contributed by atoms with E-state index in [2.05, 4.69) is 4.90 Å². The van der Waals surface area contributed by atoms with Gasteiger partial charge in [-0.25, -0.2) is 4.99 Å². The molecule has 0 saturated carbocycles. The van der Waals surface area contributed by atoms with Gasteiger partial charge in [0.05, 0.1) is 6.04 Å². The number of fused-ring (bicyclic) bond motifs is 1. The maximum Gasteiger partial charge on any atom is 0.263 e. The molecule has 2 saturated heterocycles. The number of rotatable bonds is 5. The van der Waals surface area contributed by atoms with Gasteiger partial charge in [-0.1, -0.05) is 47.5 Å². The number of amidine groups is 1. The average molecular weight is 613 g/mol. The zero-order valence-electron chi connectivity index (χ0n) is 22.9. The normalized spacial score (nSPS) is 26.4. The van der Waals surface area contributed by atoms with Crippen molar-refractivity contribution in [1.29, 1.82) is 0 Å². The molecule has 8 nitrogen and oxygen atoms in total. The quantitative estimate of drug-likeness (QED) is 0.462. The molecule has 41 heavy (non-hydrogen) atoms. The van der Waals surface area contributed by atoms with E-state index in [1.54, 1.807) is 4.90 Å². The van der Waals surface area contributed by atoms with E-state index in [-0.39, 0.29) is 17.5 Å². The molecule has 2 amide bonds. The Bertz CT molecular complexity index is 1440. The van der Waals surface area contributed by atoms with Crippen molar-refractivity contribution in [2.45, 2.75) is 37.4 Å². The van der Waals surface area contributed by atoms with Crippen molar-refractivity contribution in [3.05, 3.63) is 80.3 Å². The predicted octanol–water partition coefficient (Wildman–Crippen LogP) is 4.54. The fourth-order valence-electron chi connectivity index (χ4n) is 6.27. The number of carbonyl (C=O) groups excluding carboxylic acids is 3. The van der Waals surface area contributed by atoms with Gasteiger partial charge >= 0.3 is 0 Å². The SMILES string of the molecule is CN1CCN(C(=O)[C@@H]2CCCN2C(=O)C2=C(C=O)N3C(=N[C@@](C)(c4ccc(Cl)cc4)[C@H]3c3ccc(Cl)cc3)S2)CC1.